The molecular formula is C17H30N2. The number of nitrogens with zero attached hydrogens (tertiary/aromatic N) is 1. The predicted octanol–water partition coefficient (Wildman–Crippen LogP) is 3.85. The van der Waals surface area contributed by atoms with Gasteiger partial charge in [0.05, 0.1) is 0 Å². The maximum Gasteiger partial charge on any atom is 0.0368 e. The van der Waals surface area contributed by atoms with Gasteiger partial charge in [0.25, 0.3) is 0 Å². The molecule has 1 unspecified atom stereocenters. The van der Waals surface area contributed by atoms with Crippen molar-refractivity contribution in [3.05, 3.63) is 29.8 Å². The quantitative estimate of drug-likeness (QED) is 0.803. The summed E-state index contributed by atoms with van der Waals surface area (Å²) < 4.78 is 0. The van der Waals surface area contributed by atoms with Crippen LogP contribution in [0.4, 0.5) is 5.69 Å². The van der Waals surface area contributed by atoms with Gasteiger partial charge in [-0.15, -0.1) is 0 Å². The van der Waals surface area contributed by atoms with E-state index in [4.69, 9.17) is 0 Å². The van der Waals surface area contributed by atoms with E-state index in [0.29, 0.717) is 6.04 Å². The van der Waals surface area contributed by atoms with E-state index in [2.05, 4.69) is 76.0 Å². The lowest BCUT2D eigenvalue weighted by Gasteiger charge is -2.38. The van der Waals surface area contributed by atoms with E-state index >= 15 is 0 Å². The van der Waals surface area contributed by atoms with E-state index in [1.54, 1.807) is 0 Å². The Morgan fingerprint density at radius 2 is 1.95 bits per heavy atom. The normalized spacial score (nSPS) is 13.4. The van der Waals surface area contributed by atoms with Crippen LogP contribution in [-0.2, 0) is 0 Å². The molecule has 108 valence electrons. The molecule has 0 fully saturated rings. The summed E-state index contributed by atoms with van der Waals surface area (Å²) in [6, 6.07) is 9.30. The molecule has 0 saturated heterocycles. The standard InChI is InChI=1S/C17H30N2/c1-7-18-15(4)17(5,6)13-19(8-2)16-11-9-10-14(3)12-16/h9-12,15,18H,7-8,13H2,1-6H3. The van der Waals surface area contributed by atoms with Crippen LogP contribution in [0.2, 0.25) is 0 Å². The van der Waals surface area contributed by atoms with E-state index < -0.39 is 0 Å². The van der Waals surface area contributed by atoms with Gasteiger partial charge in [0.2, 0.25) is 0 Å². The molecule has 19 heavy (non-hydrogen) atoms. The fraction of sp³-hybridized carbons (Fsp3) is 0.647. The highest BCUT2D eigenvalue weighted by atomic mass is 15.1. The van der Waals surface area contributed by atoms with Crippen LogP contribution in [0.1, 0.15) is 40.2 Å². The molecule has 0 aromatic heterocycles. The molecule has 0 amide bonds. The van der Waals surface area contributed by atoms with Crippen molar-refractivity contribution < 1.29 is 0 Å². The summed E-state index contributed by atoms with van der Waals surface area (Å²) in [5.41, 5.74) is 2.91. The molecule has 0 bridgehead atoms. The van der Waals surface area contributed by atoms with Gasteiger partial charge in [-0.3, -0.25) is 0 Å². The van der Waals surface area contributed by atoms with Crippen molar-refractivity contribution in [3.63, 3.8) is 0 Å². The Hall–Kier alpha value is -1.02. The molecule has 2 nitrogen and oxygen atoms in total. The molecule has 0 aliphatic carbocycles. The minimum atomic E-state index is 0.246. The number of rotatable bonds is 7. The molecule has 1 atom stereocenters. The van der Waals surface area contributed by atoms with Crippen LogP contribution in [0.5, 0.6) is 0 Å². The molecule has 1 rings (SSSR count). The van der Waals surface area contributed by atoms with E-state index in [-0.39, 0.29) is 5.41 Å². The van der Waals surface area contributed by atoms with Crippen molar-refractivity contribution in [2.45, 2.75) is 47.6 Å². The van der Waals surface area contributed by atoms with Crippen LogP contribution in [0, 0.1) is 12.3 Å². The third-order valence-electron chi connectivity index (χ3n) is 4.03. The van der Waals surface area contributed by atoms with Crippen molar-refractivity contribution in [2.75, 3.05) is 24.5 Å². The van der Waals surface area contributed by atoms with Crippen molar-refractivity contribution in [3.8, 4) is 0 Å². The molecule has 0 aliphatic rings. The smallest absolute Gasteiger partial charge is 0.0368 e. The van der Waals surface area contributed by atoms with Gasteiger partial charge in [-0.2, -0.15) is 0 Å². The Balaban J connectivity index is 2.81. The van der Waals surface area contributed by atoms with E-state index in [0.717, 1.165) is 19.6 Å². The first-order valence-electron chi connectivity index (χ1n) is 7.45. The minimum Gasteiger partial charge on any atom is -0.371 e. The number of nitrogens with one attached hydrogen (secondary N) is 1. The highest BCUT2D eigenvalue weighted by Gasteiger charge is 2.27. The average Bonchev–Trinajstić information content (AvgIpc) is 2.36. The maximum atomic E-state index is 3.55. The second-order valence-electron chi connectivity index (χ2n) is 6.12. The number of aryl methyl sites for hydroxylation is 1. The zero-order chi connectivity index (χ0) is 14.5. The lowest BCUT2D eigenvalue weighted by molar-refractivity contribution is 0.264. The third kappa shape index (κ3) is 4.54. The van der Waals surface area contributed by atoms with E-state index in [1.807, 2.05) is 0 Å². The molecule has 2 heteroatoms. The van der Waals surface area contributed by atoms with Crippen molar-refractivity contribution in [1.29, 1.82) is 0 Å². The lowest BCUT2D eigenvalue weighted by atomic mass is 9.84. The number of anilines is 1. The summed E-state index contributed by atoms with van der Waals surface area (Å²) >= 11 is 0. The van der Waals surface area contributed by atoms with Crippen LogP contribution in [-0.4, -0.2) is 25.7 Å². The van der Waals surface area contributed by atoms with Gasteiger partial charge in [0.15, 0.2) is 0 Å². The summed E-state index contributed by atoms with van der Waals surface area (Å²) in [7, 11) is 0. The van der Waals surface area contributed by atoms with Crippen LogP contribution in [0.3, 0.4) is 0 Å². The van der Waals surface area contributed by atoms with Crippen LogP contribution < -0.4 is 10.2 Å². The number of hydrogen-bond donors (Lipinski definition) is 1. The van der Waals surface area contributed by atoms with E-state index in [9.17, 15) is 0 Å². The molecule has 0 saturated carbocycles. The summed E-state index contributed by atoms with van der Waals surface area (Å²) in [5.74, 6) is 0. The second-order valence-corrected chi connectivity index (χ2v) is 6.12. The van der Waals surface area contributed by atoms with Crippen molar-refractivity contribution in [1.82, 2.24) is 5.32 Å². The Bertz CT molecular complexity index is 385. The predicted molar refractivity (Wildman–Crippen MR) is 86.0 cm³/mol. The molecule has 0 radical (unpaired) electrons. The Labute approximate surface area is 119 Å². The second kappa shape index (κ2) is 6.95. The van der Waals surface area contributed by atoms with Gasteiger partial charge in [-0.1, -0.05) is 32.9 Å². The van der Waals surface area contributed by atoms with Gasteiger partial charge in [-0.05, 0) is 50.4 Å². The Kier molecular flexibility index (Phi) is 5.86. The monoisotopic (exact) mass is 262 g/mol. The zero-order valence-corrected chi connectivity index (χ0v) is 13.5. The average molecular weight is 262 g/mol. The molecule has 0 spiro atoms. The largest absolute Gasteiger partial charge is 0.371 e. The molecule has 1 aromatic rings. The van der Waals surface area contributed by atoms with Gasteiger partial charge < -0.3 is 10.2 Å². The molecule has 0 heterocycles. The first kappa shape index (κ1) is 16.0. The topological polar surface area (TPSA) is 15.3 Å². The minimum absolute atomic E-state index is 0.246. The van der Waals surface area contributed by atoms with Gasteiger partial charge in [0, 0.05) is 24.8 Å². The number of hydrogen-bond acceptors (Lipinski definition) is 2. The van der Waals surface area contributed by atoms with Crippen molar-refractivity contribution >= 4 is 5.69 Å². The zero-order valence-electron chi connectivity index (χ0n) is 13.5. The van der Waals surface area contributed by atoms with Crippen LogP contribution >= 0.6 is 0 Å². The Morgan fingerprint density at radius 1 is 1.26 bits per heavy atom. The fourth-order valence-corrected chi connectivity index (χ4v) is 2.42. The van der Waals surface area contributed by atoms with Gasteiger partial charge in [0.1, 0.15) is 0 Å². The summed E-state index contributed by atoms with van der Waals surface area (Å²) in [4.78, 5) is 2.47. The summed E-state index contributed by atoms with van der Waals surface area (Å²) in [6.07, 6.45) is 0. The first-order chi connectivity index (χ1) is 8.90. The van der Waals surface area contributed by atoms with Crippen LogP contribution in [0.25, 0.3) is 0 Å². The molecular weight excluding hydrogens is 232 g/mol. The third-order valence-corrected chi connectivity index (χ3v) is 4.03. The number of benzene rings is 1. The molecule has 1 N–H and O–H groups in total. The maximum absolute atomic E-state index is 3.55. The summed E-state index contributed by atoms with van der Waals surface area (Å²) in [6.45, 7) is 16.7. The fourth-order valence-electron chi connectivity index (χ4n) is 2.42. The van der Waals surface area contributed by atoms with Gasteiger partial charge >= 0.3 is 0 Å². The van der Waals surface area contributed by atoms with Crippen LogP contribution in [0.15, 0.2) is 24.3 Å². The van der Waals surface area contributed by atoms with E-state index in [1.165, 1.54) is 11.3 Å². The molecule has 0 aliphatic heterocycles. The highest BCUT2D eigenvalue weighted by molar-refractivity contribution is 5.48. The van der Waals surface area contributed by atoms with Crippen molar-refractivity contribution in [2.24, 2.45) is 5.41 Å². The SMILES string of the molecule is CCNC(C)C(C)(C)CN(CC)c1cccc(C)c1. The summed E-state index contributed by atoms with van der Waals surface area (Å²) in [5, 5.41) is 3.55. The lowest BCUT2D eigenvalue weighted by Crippen LogP contribution is -2.46. The highest BCUT2D eigenvalue weighted by Crippen LogP contribution is 2.26. The molecule has 1 aromatic carbocycles. The first-order valence-corrected chi connectivity index (χ1v) is 7.45. The van der Waals surface area contributed by atoms with Gasteiger partial charge in [-0.25, -0.2) is 0 Å². The Morgan fingerprint density at radius 3 is 2.47 bits per heavy atom.